The molecular weight excluding hydrogens is 424 g/mol. The zero-order valence-corrected chi connectivity index (χ0v) is 19.6. The van der Waals surface area contributed by atoms with Crippen LogP contribution < -0.4 is 4.90 Å². The number of carbonyl (C=O) groups is 2. The molecule has 31 heavy (non-hydrogen) atoms. The van der Waals surface area contributed by atoms with Crippen molar-refractivity contribution in [1.82, 2.24) is 10.0 Å². The van der Waals surface area contributed by atoms with Crippen LogP contribution in [-0.2, 0) is 9.47 Å². The predicted molar refractivity (Wildman–Crippen MR) is 119 cm³/mol. The lowest BCUT2D eigenvalue weighted by Gasteiger charge is -2.35. The van der Waals surface area contributed by atoms with Gasteiger partial charge in [0.1, 0.15) is 11.2 Å². The van der Waals surface area contributed by atoms with E-state index in [-0.39, 0.29) is 18.3 Å². The lowest BCUT2D eigenvalue weighted by atomic mass is 10.2. The van der Waals surface area contributed by atoms with Crippen molar-refractivity contribution in [2.45, 2.75) is 52.7 Å². The molecule has 0 unspecified atom stereocenters. The van der Waals surface area contributed by atoms with Crippen LogP contribution in [0.2, 0.25) is 0 Å². The predicted octanol–water partition coefficient (Wildman–Crippen LogP) is 4.27. The van der Waals surface area contributed by atoms with Crippen LogP contribution in [0.1, 0.15) is 47.1 Å². The van der Waals surface area contributed by atoms with Crippen molar-refractivity contribution >= 4 is 34.6 Å². The number of carbonyl (C=O) groups excluding carboxylic acids is 2. The summed E-state index contributed by atoms with van der Waals surface area (Å²) < 4.78 is 11.0. The van der Waals surface area contributed by atoms with Crippen LogP contribution in [0, 0.1) is 0 Å². The average Bonchev–Trinajstić information content (AvgIpc) is 2.88. The smallest absolute Gasteiger partial charge is 0.429 e. The van der Waals surface area contributed by atoms with Crippen molar-refractivity contribution in [1.29, 1.82) is 0 Å². The van der Waals surface area contributed by atoms with Gasteiger partial charge in [-0.1, -0.05) is 16.8 Å². The van der Waals surface area contributed by atoms with Crippen molar-refractivity contribution in [2.24, 2.45) is 5.16 Å². The fourth-order valence-corrected chi connectivity index (χ4v) is 3.04. The summed E-state index contributed by atoms with van der Waals surface area (Å²) in [6.07, 6.45) is -1.22. The summed E-state index contributed by atoms with van der Waals surface area (Å²) in [5, 5.41) is 14.4. The molecule has 1 saturated heterocycles. The summed E-state index contributed by atoms with van der Waals surface area (Å²) in [5.41, 5.74) is 0.0489. The van der Waals surface area contributed by atoms with E-state index in [9.17, 15) is 9.59 Å². The normalized spacial score (nSPS) is 16.1. The molecule has 9 nitrogen and oxygen atoms in total. The Morgan fingerprint density at radius 3 is 1.65 bits per heavy atom. The third kappa shape index (κ3) is 7.20. The number of rotatable bonds is 2. The number of hydrogen-bond acceptors (Lipinski definition) is 7. The van der Waals surface area contributed by atoms with Gasteiger partial charge in [0.25, 0.3) is 0 Å². The molecule has 0 aromatic heterocycles. The van der Waals surface area contributed by atoms with E-state index in [1.807, 2.05) is 17.0 Å². The minimum atomic E-state index is -0.702. The highest BCUT2D eigenvalue weighted by Gasteiger charge is 2.35. The molecule has 1 heterocycles. The van der Waals surface area contributed by atoms with Gasteiger partial charge in [-0.05, 0) is 65.8 Å². The maximum absolute atomic E-state index is 12.8. The minimum absolute atomic E-state index is 0.00498. The van der Waals surface area contributed by atoms with Gasteiger partial charge in [-0.15, -0.1) is 0 Å². The molecule has 1 aliphatic rings. The Labute approximate surface area is 188 Å². The molecule has 0 atom stereocenters. The molecule has 1 aromatic carbocycles. The molecule has 10 heteroatoms. The minimum Gasteiger partial charge on any atom is -0.442 e. The van der Waals surface area contributed by atoms with Crippen LogP contribution in [0.15, 0.2) is 29.4 Å². The Morgan fingerprint density at radius 2 is 1.29 bits per heavy atom. The first-order valence-corrected chi connectivity index (χ1v) is 10.4. The van der Waals surface area contributed by atoms with Crippen LogP contribution in [-0.4, -0.2) is 70.0 Å². The third-order valence-corrected chi connectivity index (χ3v) is 4.52. The van der Waals surface area contributed by atoms with E-state index >= 15 is 0 Å². The highest BCUT2D eigenvalue weighted by atomic mass is 35.5. The molecule has 0 bridgehead atoms. The van der Waals surface area contributed by atoms with E-state index < -0.39 is 23.4 Å². The lowest BCUT2D eigenvalue weighted by Crippen LogP contribution is -2.53. The highest BCUT2D eigenvalue weighted by Crippen LogP contribution is 2.21. The molecule has 1 fully saturated rings. The first kappa shape index (κ1) is 24.6. The summed E-state index contributed by atoms with van der Waals surface area (Å²) in [4.78, 5) is 27.7. The number of amides is 2. The lowest BCUT2D eigenvalue weighted by molar-refractivity contribution is -0.0572. The topological polar surface area (TPSA) is 94.9 Å². The van der Waals surface area contributed by atoms with Crippen molar-refractivity contribution in [3.63, 3.8) is 0 Å². The molecule has 1 aliphatic heterocycles. The fourth-order valence-electron chi connectivity index (χ4n) is 2.92. The number of oxime groups is 1. The number of nitrogens with zero attached hydrogens (tertiary/aromatic N) is 4. The molecule has 0 spiro atoms. The van der Waals surface area contributed by atoms with Crippen molar-refractivity contribution in [3.05, 3.63) is 29.8 Å². The second kappa shape index (κ2) is 9.64. The Bertz CT molecular complexity index is 777. The zero-order valence-electron chi connectivity index (χ0n) is 18.9. The quantitative estimate of drug-likeness (QED) is 0.407. The van der Waals surface area contributed by atoms with Gasteiger partial charge in [0.2, 0.25) is 0 Å². The monoisotopic (exact) mass is 454 g/mol. The van der Waals surface area contributed by atoms with Crippen LogP contribution in [0.3, 0.4) is 0 Å². The largest absolute Gasteiger partial charge is 0.442 e. The number of benzene rings is 1. The first-order valence-electron chi connectivity index (χ1n) is 10.0. The average molecular weight is 455 g/mol. The summed E-state index contributed by atoms with van der Waals surface area (Å²) in [5.74, 6) is 0. The maximum Gasteiger partial charge on any atom is 0.429 e. The maximum atomic E-state index is 12.8. The van der Waals surface area contributed by atoms with Gasteiger partial charge in [0, 0.05) is 24.3 Å². The molecule has 0 aliphatic carbocycles. The Balaban J connectivity index is 2.24. The van der Waals surface area contributed by atoms with Crippen LogP contribution in [0.25, 0.3) is 0 Å². The number of hydrogen-bond donors (Lipinski definition) is 1. The standard InChI is InChI=1S/C21H31ClN4O5/c1-20(2,3)30-18(27)25-13-11-24(12-14-26(25)19(28)31-21(4,5)6)16-9-7-15(8-10-16)17(22)23-29/h7-10,29H,11-14H2,1-6H3. The summed E-state index contributed by atoms with van der Waals surface area (Å²) in [6, 6.07) is 7.15. The van der Waals surface area contributed by atoms with Gasteiger partial charge >= 0.3 is 12.2 Å². The van der Waals surface area contributed by atoms with E-state index in [1.54, 1.807) is 53.7 Å². The Kier molecular flexibility index (Phi) is 7.64. The van der Waals surface area contributed by atoms with Crippen LogP contribution in [0.5, 0.6) is 0 Å². The first-order chi connectivity index (χ1) is 14.3. The molecule has 172 valence electrons. The Hall–Kier alpha value is -2.68. The highest BCUT2D eigenvalue weighted by molar-refractivity contribution is 6.69. The van der Waals surface area contributed by atoms with E-state index in [0.717, 1.165) is 5.69 Å². The second-order valence-electron chi connectivity index (χ2n) is 9.13. The van der Waals surface area contributed by atoms with Gasteiger partial charge < -0.3 is 19.6 Å². The summed E-state index contributed by atoms with van der Waals surface area (Å²) in [7, 11) is 0. The molecular formula is C21H31ClN4O5. The molecule has 2 amide bonds. The van der Waals surface area contributed by atoms with Gasteiger partial charge in [0.05, 0.1) is 13.1 Å². The molecule has 1 aromatic rings. The molecule has 2 rings (SSSR count). The summed E-state index contributed by atoms with van der Waals surface area (Å²) in [6.45, 7) is 12.0. The fraction of sp³-hybridized carbons (Fsp3) is 0.571. The van der Waals surface area contributed by atoms with Crippen molar-refractivity contribution in [3.8, 4) is 0 Å². The number of halogens is 1. The molecule has 1 N–H and O–H groups in total. The second-order valence-corrected chi connectivity index (χ2v) is 9.49. The van der Waals surface area contributed by atoms with Gasteiger partial charge in [-0.25, -0.2) is 19.6 Å². The van der Waals surface area contributed by atoms with E-state index in [0.29, 0.717) is 18.7 Å². The van der Waals surface area contributed by atoms with E-state index in [2.05, 4.69) is 5.16 Å². The van der Waals surface area contributed by atoms with Gasteiger partial charge in [-0.3, -0.25) is 0 Å². The molecule has 0 radical (unpaired) electrons. The van der Waals surface area contributed by atoms with Crippen LogP contribution >= 0.6 is 11.6 Å². The van der Waals surface area contributed by atoms with E-state index in [1.165, 1.54) is 10.0 Å². The number of hydrazine groups is 1. The zero-order chi connectivity index (χ0) is 23.4. The Morgan fingerprint density at radius 1 is 0.871 bits per heavy atom. The van der Waals surface area contributed by atoms with Crippen molar-refractivity contribution in [2.75, 3.05) is 31.1 Å². The number of ether oxygens (including phenoxy) is 2. The molecule has 0 saturated carbocycles. The van der Waals surface area contributed by atoms with E-state index in [4.69, 9.17) is 26.3 Å². The third-order valence-electron chi connectivity index (χ3n) is 4.22. The van der Waals surface area contributed by atoms with Crippen LogP contribution in [0.4, 0.5) is 15.3 Å². The van der Waals surface area contributed by atoms with Crippen molar-refractivity contribution < 1.29 is 24.3 Å². The summed E-state index contributed by atoms with van der Waals surface area (Å²) >= 11 is 5.84. The van der Waals surface area contributed by atoms with Gasteiger partial charge in [0.15, 0.2) is 5.17 Å². The number of anilines is 1. The van der Waals surface area contributed by atoms with Gasteiger partial charge in [-0.2, -0.15) is 0 Å². The SMILES string of the molecule is CC(C)(C)OC(=O)N1CCN(c2ccc(C(Cl)=NO)cc2)CCN1C(=O)OC(C)(C)C.